The lowest BCUT2D eigenvalue weighted by Crippen LogP contribution is -2.12. The van der Waals surface area contributed by atoms with Crippen LogP contribution in [0.3, 0.4) is 0 Å². The van der Waals surface area contributed by atoms with Gasteiger partial charge in [-0.2, -0.15) is 4.98 Å². The quantitative estimate of drug-likeness (QED) is 0.551. The first kappa shape index (κ1) is 18.3. The van der Waals surface area contributed by atoms with E-state index in [-0.39, 0.29) is 12.5 Å². The van der Waals surface area contributed by atoms with Gasteiger partial charge in [0.1, 0.15) is 11.4 Å². The van der Waals surface area contributed by atoms with Crippen LogP contribution in [0, 0.1) is 6.92 Å². The van der Waals surface area contributed by atoms with Crippen LogP contribution in [-0.2, 0) is 11.3 Å². The van der Waals surface area contributed by atoms with E-state index in [0.29, 0.717) is 27.1 Å². The van der Waals surface area contributed by atoms with Crippen LogP contribution in [0.25, 0.3) is 21.1 Å². The summed E-state index contributed by atoms with van der Waals surface area (Å²) < 4.78 is 10.5. The first-order valence-electron chi connectivity index (χ1n) is 8.60. The fraction of sp³-hybridized carbons (Fsp3) is 0.200. The van der Waals surface area contributed by atoms with Crippen LogP contribution in [0.5, 0.6) is 5.88 Å². The fourth-order valence-corrected chi connectivity index (χ4v) is 4.17. The normalized spacial score (nSPS) is 11.1. The van der Waals surface area contributed by atoms with E-state index in [0.717, 1.165) is 21.9 Å². The first-order chi connectivity index (χ1) is 13.6. The number of para-hydroxylation sites is 1. The minimum Gasteiger partial charge on any atom is -0.480 e. The molecule has 4 rings (SSSR count). The number of ether oxygens (including phenoxy) is 2. The molecule has 142 valence electrons. The van der Waals surface area contributed by atoms with E-state index in [9.17, 15) is 4.79 Å². The highest BCUT2D eigenvalue weighted by Gasteiger charge is 2.21. The van der Waals surface area contributed by atoms with Crippen molar-refractivity contribution in [3.8, 4) is 5.88 Å². The molecule has 8 heteroatoms. The van der Waals surface area contributed by atoms with Crippen molar-refractivity contribution in [2.24, 2.45) is 0 Å². The van der Waals surface area contributed by atoms with Crippen LogP contribution in [0.4, 0.5) is 5.69 Å². The molecule has 0 aliphatic heterocycles. The van der Waals surface area contributed by atoms with E-state index in [1.54, 1.807) is 20.4 Å². The van der Waals surface area contributed by atoms with E-state index in [1.807, 2.05) is 37.3 Å². The maximum atomic E-state index is 13.0. The van der Waals surface area contributed by atoms with Crippen molar-refractivity contribution in [2.45, 2.75) is 13.5 Å². The number of amides is 1. The molecule has 7 nitrogen and oxygen atoms in total. The van der Waals surface area contributed by atoms with Crippen LogP contribution < -0.4 is 10.1 Å². The second-order valence-electron chi connectivity index (χ2n) is 6.15. The number of aryl methyl sites for hydroxylation is 1. The van der Waals surface area contributed by atoms with Gasteiger partial charge in [-0.05, 0) is 24.6 Å². The number of benzene rings is 1. The van der Waals surface area contributed by atoms with Crippen molar-refractivity contribution in [1.82, 2.24) is 15.0 Å². The number of hydrogen-bond acceptors (Lipinski definition) is 7. The average Bonchev–Trinajstić information content (AvgIpc) is 3.04. The van der Waals surface area contributed by atoms with Crippen molar-refractivity contribution < 1.29 is 14.3 Å². The summed E-state index contributed by atoms with van der Waals surface area (Å²) in [6, 6.07) is 9.52. The molecule has 1 amide bonds. The Bertz CT molecular complexity index is 1180. The largest absolute Gasteiger partial charge is 0.480 e. The second-order valence-corrected chi connectivity index (χ2v) is 7.15. The van der Waals surface area contributed by atoms with E-state index < -0.39 is 0 Å². The van der Waals surface area contributed by atoms with Gasteiger partial charge in [-0.15, -0.1) is 11.3 Å². The summed E-state index contributed by atoms with van der Waals surface area (Å²) in [6.07, 6.45) is 1.71. The highest BCUT2D eigenvalue weighted by atomic mass is 32.1. The maximum absolute atomic E-state index is 13.0. The van der Waals surface area contributed by atoms with Crippen LogP contribution in [-0.4, -0.2) is 35.1 Å². The van der Waals surface area contributed by atoms with Crippen molar-refractivity contribution >= 4 is 44.1 Å². The van der Waals surface area contributed by atoms with Gasteiger partial charge in [0, 0.05) is 18.7 Å². The number of carbonyl (C=O) groups is 1. The van der Waals surface area contributed by atoms with Crippen LogP contribution in [0.2, 0.25) is 0 Å². The molecule has 0 bridgehead atoms. The molecular formula is C20H18N4O3S. The monoisotopic (exact) mass is 394 g/mol. The van der Waals surface area contributed by atoms with Gasteiger partial charge < -0.3 is 14.8 Å². The standard InChI is InChI=1S/C20H18N4O3S/c1-11-15-19(27-3)23-14(10-26-2)24-20(15)28-17(11)18(25)22-13-8-4-6-12-7-5-9-21-16(12)13/h4-9H,10H2,1-3H3,(H,22,25). The van der Waals surface area contributed by atoms with E-state index in [1.165, 1.54) is 11.3 Å². The Morgan fingerprint density at radius 3 is 2.79 bits per heavy atom. The number of hydrogen-bond donors (Lipinski definition) is 1. The number of carbonyl (C=O) groups excluding carboxylic acids is 1. The lowest BCUT2D eigenvalue weighted by molar-refractivity contribution is 0.103. The molecule has 0 aliphatic rings. The van der Waals surface area contributed by atoms with E-state index >= 15 is 0 Å². The summed E-state index contributed by atoms with van der Waals surface area (Å²) in [6.45, 7) is 2.14. The third-order valence-corrected chi connectivity index (χ3v) is 5.54. The van der Waals surface area contributed by atoms with Crippen LogP contribution >= 0.6 is 11.3 Å². The molecule has 3 heterocycles. The lowest BCUT2D eigenvalue weighted by atomic mass is 10.1. The van der Waals surface area contributed by atoms with Gasteiger partial charge >= 0.3 is 0 Å². The predicted molar refractivity (Wildman–Crippen MR) is 109 cm³/mol. The summed E-state index contributed by atoms with van der Waals surface area (Å²) in [4.78, 5) is 27.5. The number of rotatable bonds is 5. The molecule has 0 saturated heterocycles. The third-order valence-electron chi connectivity index (χ3n) is 4.36. The Morgan fingerprint density at radius 2 is 2.00 bits per heavy atom. The summed E-state index contributed by atoms with van der Waals surface area (Å²) in [5.41, 5.74) is 2.20. The fourth-order valence-electron chi connectivity index (χ4n) is 3.09. The van der Waals surface area contributed by atoms with Gasteiger partial charge in [0.05, 0.1) is 28.6 Å². The van der Waals surface area contributed by atoms with Crippen LogP contribution in [0.15, 0.2) is 36.5 Å². The SMILES string of the molecule is COCc1nc(OC)c2c(C)c(C(=O)Nc3cccc4cccnc34)sc2n1. The minimum atomic E-state index is -0.214. The number of pyridine rings is 1. The molecule has 0 fully saturated rings. The zero-order chi connectivity index (χ0) is 19.7. The Labute approximate surface area is 165 Å². The van der Waals surface area contributed by atoms with Gasteiger partial charge in [0.2, 0.25) is 5.88 Å². The Hall–Kier alpha value is -3.10. The molecule has 4 aromatic rings. The number of methoxy groups -OCH3 is 2. The number of aromatic nitrogens is 3. The number of nitrogens with zero attached hydrogens (tertiary/aromatic N) is 3. The molecule has 0 spiro atoms. The van der Waals surface area contributed by atoms with Crippen LogP contribution in [0.1, 0.15) is 21.1 Å². The topological polar surface area (TPSA) is 86.2 Å². The van der Waals surface area contributed by atoms with Crippen molar-refractivity contribution in [1.29, 1.82) is 0 Å². The van der Waals surface area contributed by atoms with Crippen molar-refractivity contribution in [2.75, 3.05) is 19.5 Å². The van der Waals surface area contributed by atoms with Gasteiger partial charge in [-0.25, -0.2) is 4.98 Å². The molecule has 0 saturated carbocycles. The zero-order valence-electron chi connectivity index (χ0n) is 15.6. The molecule has 3 aromatic heterocycles. The molecule has 28 heavy (non-hydrogen) atoms. The smallest absolute Gasteiger partial charge is 0.266 e. The van der Waals surface area contributed by atoms with Gasteiger partial charge in [-0.1, -0.05) is 18.2 Å². The molecule has 0 aliphatic carbocycles. The summed E-state index contributed by atoms with van der Waals surface area (Å²) in [5.74, 6) is 0.740. The number of anilines is 1. The number of fused-ring (bicyclic) bond motifs is 2. The highest BCUT2D eigenvalue weighted by molar-refractivity contribution is 7.20. The van der Waals surface area contributed by atoms with Crippen molar-refractivity contribution in [3.63, 3.8) is 0 Å². The summed E-state index contributed by atoms with van der Waals surface area (Å²) >= 11 is 1.31. The lowest BCUT2D eigenvalue weighted by Gasteiger charge is -2.07. The molecule has 0 atom stereocenters. The Kier molecular flexibility index (Phi) is 4.89. The van der Waals surface area contributed by atoms with Gasteiger partial charge in [0.25, 0.3) is 5.91 Å². The zero-order valence-corrected chi connectivity index (χ0v) is 16.5. The molecule has 0 radical (unpaired) electrons. The van der Waals surface area contributed by atoms with Gasteiger partial charge in [0.15, 0.2) is 5.82 Å². The van der Waals surface area contributed by atoms with Gasteiger partial charge in [-0.3, -0.25) is 9.78 Å². The van der Waals surface area contributed by atoms with E-state index in [4.69, 9.17) is 9.47 Å². The molecule has 1 N–H and O–H groups in total. The minimum absolute atomic E-state index is 0.214. The maximum Gasteiger partial charge on any atom is 0.266 e. The summed E-state index contributed by atoms with van der Waals surface area (Å²) in [5, 5.41) is 4.68. The number of nitrogens with one attached hydrogen (secondary N) is 1. The highest BCUT2D eigenvalue weighted by Crippen LogP contribution is 2.35. The molecule has 0 unspecified atom stereocenters. The predicted octanol–water partition coefficient (Wildman–Crippen LogP) is 3.96. The Balaban J connectivity index is 1.76. The summed E-state index contributed by atoms with van der Waals surface area (Å²) in [7, 11) is 3.13. The molecule has 1 aromatic carbocycles. The third kappa shape index (κ3) is 3.17. The first-order valence-corrected chi connectivity index (χ1v) is 9.42. The average molecular weight is 394 g/mol. The molecular weight excluding hydrogens is 376 g/mol. The number of thiophene rings is 1. The Morgan fingerprint density at radius 1 is 1.18 bits per heavy atom. The van der Waals surface area contributed by atoms with E-state index in [2.05, 4.69) is 20.3 Å². The van der Waals surface area contributed by atoms with Crippen molar-refractivity contribution in [3.05, 3.63) is 52.8 Å². The second kappa shape index (κ2) is 7.49.